The third kappa shape index (κ3) is 4.10. The minimum atomic E-state index is -1.63. The van der Waals surface area contributed by atoms with E-state index in [2.05, 4.69) is 16.3 Å². The normalized spacial score (nSPS) is 11.8. The van der Waals surface area contributed by atoms with Gasteiger partial charge in [-0.15, -0.1) is 0 Å². The summed E-state index contributed by atoms with van der Waals surface area (Å²) < 4.78 is 35.1. The average Bonchev–Trinajstić information content (AvgIpc) is 2.79. The van der Waals surface area contributed by atoms with Crippen LogP contribution in [0, 0.1) is 5.82 Å². The van der Waals surface area contributed by atoms with Crippen molar-refractivity contribution in [3.8, 4) is 22.6 Å². The molecular formula is C23H18FN3O4S. The van der Waals surface area contributed by atoms with Crippen molar-refractivity contribution in [1.82, 2.24) is 9.55 Å². The van der Waals surface area contributed by atoms with Crippen LogP contribution in [0.3, 0.4) is 0 Å². The smallest absolute Gasteiger partial charge is 0.293 e. The van der Waals surface area contributed by atoms with E-state index in [4.69, 9.17) is 4.74 Å². The number of aromatic nitrogens is 2. The maximum Gasteiger partial charge on any atom is 0.293 e. The first-order valence-electron chi connectivity index (χ1n) is 9.46. The van der Waals surface area contributed by atoms with Crippen LogP contribution >= 0.6 is 0 Å². The van der Waals surface area contributed by atoms with Crippen LogP contribution in [-0.2, 0) is 18.0 Å². The molecule has 4 rings (SSSR count). The topological polar surface area (TPSA) is 93.2 Å². The van der Waals surface area contributed by atoms with Crippen molar-refractivity contribution < 1.29 is 13.3 Å². The number of H-pyrrole nitrogens is 1. The van der Waals surface area contributed by atoms with E-state index >= 15 is 0 Å². The number of anilines is 1. The van der Waals surface area contributed by atoms with E-state index < -0.39 is 22.4 Å². The fraction of sp³-hybridized carbons (Fsp3) is 0.0435. The van der Waals surface area contributed by atoms with Gasteiger partial charge in [-0.1, -0.05) is 24.8 Å². The van der Waals surface area contributed by atoms with Crippen LogP contribution in [0.4, 0.5) is 10.2 Å². The summed E-state index contributed by atoms with van der Waals surface area (Å²) in [6, 6.07) is 13.8. The third-order valence-corrected chi connectivity index (χ3v) is 5.49. The van der Waals surface area contributed by atoms with Crippen molar-refractivity contribution >= 4 is 27.6 Å². The largest absolute Gasteiger partial charge is 0.451 e. The minimum Gasteiger partial charge on any atom is -0.451 e. The molecule has 0 amide bonds. The van der Waals surface area contributed by atoms with Crippen LogP contribution in [0.5, 0.6) is 11.5 Å². The van der Waals surface area contributed by atoms with Crippen molar-refractivity contribution in [3.05, 3.63) is 99.3 Å². The number of rotatable bonds is 6. The van der Waals surface area contributed by atoms with E-state index in [1.165, 1.54) is 34.2 Å². The number of aryl methyl sites for hydroxylation is 1. The maximum absolute atomic E-state index is 13.3. The van der Waals surface area contributed by atoms with Crippen LogP contribution in [0.1, 0.15) is 0 Å². The van der Waals surface area contributed by atoms with Gasteiger partial charge in [0.25, 0.3) is 11.1 Å². The van der Waals surface area contributed by atoms with E-state index in [-0.39, 0.29) is 22.9 Å². The van der Waals surface area contributed by atoms with Gasteiger partial charge in [0.05, 0.1) is 0 Å². The summed E-state index contributed by atoms with van der Waals surface area (Å²) in [5.41, 5.74) is 0.112. The van der Waals surface area contributed by atoms with Crippen LogP contribution in [0.15, 0.2) is 82.4 Å². The summed E-state index contributed by atoms with van der Waals surface area (Å²) in [6.45, 7) is 3.45. The molecule has 0 aliphatic heterocycles. The molecule has 2 aromatic carbocycles. The molecule has 2 N–H and O–H groups in total. The van der Waals surface area contributed by atoms with Gasteiger partial charge in [-0.25, -0.2) is 8.60 Å². The number of halogens is 1. The molecule has 2 heterocycles. The van der Waals surface area contributed by atoms with Crippen molar-refractivity contribution in [2.24, 2.45) is 7.05 Å². The number of benzene rings is 2. The number of hydrogen-bond donors (Lipinski definition) is 2. The minimum absolute atomic E-state index is 0.0599. The molecule has 0 saturated carbocycles. The lowest BCUT2D eigenvalue weighted by Crippen LogP contribution is -2.18. The molecule has 1 atom stereocenters. The Balaban J connectivity index is 1.99. The maximum atomic E-state index is 13.3. The number of fused-ring (bicyclic) bond motifs is 1. The molecule has 0 aliphatic carbocycles. The highest BCUT2D eigenvalue weighted by atomic mass is 32.2. The van der Waals surface area contributed by atoms with E-state index in [0.29, 0.717) is 21.9 Å². The van der Waals surface area contributed by atoms with Gasteiger partial charge in [-0.2, -0.15) is 0 Å². The number of nitrogens with one attached hydrogen (secondary N) is 2. The van der Waals surface area contributed by atoms with Crippen LogP contribution in [0.2, 0.25) is 0 Å². The molecule has 1 unspecified atom stereocenters. The number of pyridine rings is 2. The molecule has 4 aromatic rings. The zero-order chi connectivity index (χ0) is 22.8. The number of aromatic amines is 1. The third-order valence-electron chi connectivity index (χ3n) is 4.76. The van der Waals surface area contributed by atoms with Gasteiger partial charge >= 0.3 is 0 Å². The second-order valence-electron chi connectivity index (χ2n) is 6.88. The fourth-order valence-corrected chi connectivity index (χ4v) is 3.72. The Bertz CT molecular complexity index is 1480. The molecule has 0 saturated heterocycles. The lowest BCUT2D eigenvalue weighted by molar-refractivity contribution is 0.475. The number of ether oxygens (including phenoxy) is 1. The van der Waals surface area contributed by atoms with Crippen LogP contribution < -0.4 is 20.6 Å². The van der Waals surface area contributed by atoms with Crippen LogP contribution in [-0.4, -0.2) is 13.8 Å². The Labute approximate surface area is 184 Å². The second kappa shape index (κ2) is 8.64. The molecule has 162 valence electrons. The molecule has 0 spiro atoms. The van der Waals surface area contributed by atoms with Gasteiger partial charge in [0.1, 0.15) is 28.4 Å². The summed E-state index contributed by atoms with van der Waals surface area (Å²) >= 11 is 0. The molecule has 0 radical (unpaired) electrons. The van der Waals surface area contributed by atoms with E-state index in [1.54, 1.807) is 43.6 Å². The predicted molar refractivity (Wildman–Crippen MR) is 124 cm³/mol. The van der Waals surface area contributed by atoms with Crippen molar-refractivity contribution in [2.75, 3.05) is 4.72 Å². The highest BCUT2D eigenvalue weighted by Gasteiger charge is 2.18. The average molecular weight is 451 g/mol. The fourth-order valence-electron chi connectivity index (χ4n) is 3.31. The zero-order valence-electron chi connectivity index (χ0n) is 16.9. The first-order chi connectivity index (χ1) is 15.4. The van der Waals surface area contributed by atoms with Crippen molar-refractivity contribution in [2.45, 2.75) is 0 Å². The van der Waals surface area contributed by atoms with Gasteiger partial charge < -0.3 is 14.3 Å². The molecule has 0 fully saturated rings. The van der Waals surface area contributed by atoms with Crippen LogP contribution in [0.25, 0.3) is 21.9 Å². The van der Waals surface area contributed by atoms with Crippen molar-refractivity contribution in [1.29, 1.82) is 0 Å². The number of nitrogens with zero attached hydrogens (tertiary/aromatic N) is 1. The van der Waals surface area contributed by atoms with Gasteiger partial charge in [0.2, 0.25) is 0 Å². The van der Waals surface area contributed by atoms with Gasteiger partial charge in [-0.3, -0.25) is 14.3 Å². The Morgan fingerprint density at radius 3 is 2.47 bits per heavy atom. The summed E-state index contributed by atoms with van der Waals surface area (Å²) in [5, 5.41) is 2.26. The predicted octanol–water partition coefficient (Wildman–Crippen LogP) is 4.04. The monoisotopic (exact) mass is 451 g/mol. The van der Waals surface area contributed by atoms with Gasteiger partial charge in [-0.05, 0) is 41.8 Å². The standard InChI is InChI=1S/C23H18FN3O4S/c1-3-32(30)26-20-12-18(19-13-27(2)23(29)17-7-5-4-6-16(17)19)21(22(28)25-20)31-15-10-8-14(24)9-11-15/h3-13H,1H2,2H3,(H2,25,26,28). The summed E-state index contributed by atoms with van der Waals surface area (Å²) in [7, 11) is -0.0182. The Morgan fingerprint density at radius 1 is 1.09 bits per heavy atom. The molecule has 32 heavy (non-hydrogen) atoms. The summed E-state index contributed by atoms with van der Waals surface area (Å²) in [4.78, 5) is 28.2. The first kappa shape index (κ1) is 21.3. The summed E-state index contributed by atoms with van der Waals surface area (Å²) in [6.07, 6.45) is 1.60. The SMILES string of the molecule is C=CS(=O)Nc1cc(-c2cn(C)c(=O)c3ccccc23)c(Oc2ccc(F)cc2)c(=O)[nH]1. The van der Waals surface area contributed by atoms with Gasteiger partial charge in [0.15, 0.2) is 5.75 Å². The molecule has 0 aliphatic rings. The Kier molecular flexibility index (Phi) is 5.74. The molecular weight excluding hydrogens is 433 g/mol. The molecule has 7 nitrogen and oxygen atoms in total. The number of hydrogen-bond acceptors (Lipinski definition) is 4. The Hall–Kier alpha value is -3.98. The second-order valence-corrected chi connectivity index (χ2v) is 8.01. The lowest BCUT2D eigenvalue weighted by atomic mass is 10.0. The van der Waals surface area contributed by atoms with E-state index in [9.17, 15) is 18.2 Å². The quantitative estimate of drug-likeness (QED) is 0.463. The highest BCUT2D eigenvalue weighted by Crippen LogP contribution is 2.35. The molecule has 2 aromatic heterocycles. The van der Waals surface area contributed by atoms with Crippen molar-refractivity contribution in [3.63, 3.8) is 0 Å². The molecule has 9 heteroatoms. The van der Waals surface area contributed by atoms with E-state index in [1.807, 2.05) is 0 Å². The Morgan fingerprint density at radius 2 is 1.78 bits per heavy atom. The lowest BCUT2D eigenvalue weighted by Gasteiger charge is -2.15. The molecule has 0 bridgehead atoms. The summed E-state index contributed by atoms with van der Waals surface area (Å²) in [5.74, 6) is -0.0763. The zero-order valence-corrected chi connectivity index (χ0v) is 17.7. The first-order valence-corrected chi connectivity index (χ1v) is 10.7. The van der Waals surface area contributed by atoms with Gasteiger partial charge in [0, 0.05) is 35.2 Å². The van der Waals surface area contributed by atoms with E-state index in [0.717, 1.165) is 0 Å². The highest BCUT2D eigenvalue weighted by molar-refractivity contribution is 7.89.